The number of amides is 4. The zero-order chi connectivity index (χ0) is 20.9. The van der Waals surface area contributed by atoms with Crippen LogP contribution in [0.2, 0.25) is 0 Å². The molecular formula is C20H28F2N4O3. The zero-order valence-corrected chi connectivity index (χ0v) is 16.7. The van der Waals surface area contributed by atoms with Crippen LogP contribution in [0, 0.1) is 0 Å². The van der Waals surface area contributed by atoms with Crippen LogP contribution in [0.25, 0.3) is 0 Å². The molecule has 7 nitrogen and oxygen atoms in total. The van der Waals surface area contributed by atoms with Crippen molar-refractivity contribution in [3.05, 3.63) is 29.8 Å². The van der Waals surface area contributed by atoms with Crippen molar-refractivity contribution in [2.45, 2.75) is 25.7 Å². The number of morpholine rings is 1. The molecule has 2 aliphatic rings. The number of hydrogen-bond acceptors (Lipinski definition) is 3. The molecule has 160 valence electrons. The molecule has 0 atom stereocenters. The highest BCUT2D eigenvalue weighted by atomic mass is 19.3. The van der Waals surface area contributed by atoms with Gasteiger partial charge in [0.2, 0.25) is 0 Å². The fourth-order valence-electron chi connectivity index (χ4n) is 3.47. The lowest BCUT2D eigenvalue weighted by atomic mass is 10.1. The molecule has 0 saturated carbocycles. The summed E-state index contributed by atoms with van der Waals surface area (Å²) in [5.74, 6) is -2.87. The Morgan fingerprint density at radius 1 is 0.966 bits per heavy atom. The predicted molar refractivity (Wildman–Crippen MR) is 105 cm³/mol. The number of rotatable bonds is 3. The first kappa shape index (κ1) is 21.3. The number of nitrogens with zero attached hydrogens (tertiary/aromatic N) is 3. The lowest BCUT2D eigenvalue weighted by Gasteiger charge is -2.32. The Labute approximate surface area is 169 Å². The number of halogens is 2. The number of nitrogens with one attached hydrogen (secondary N) is 1. The molecule has 29 heavy (non-hydrogen) atoms. The van der Waals surface area contributed by atoms with Crippen molar-refractivity contribution in [2.75, 3.05) is 57.8 Å². The van der Waals surface area contributed by atoms with Crippen molar-refractivity contribution in [2.24, 2.45) is 0 Å². The zero-order valence-electron chi connectivity index (χ0n) is 16.7. The van der Waals surface area contributed by atoms with Gasteiger partial charge in [-0.1, -0.05) is 19.1 Å². The third-order valence-corrected chi connectivity index (χ3v) is 5.34. The first-order valence-electron chi connectivity index (χ1n) is 10.1. The fraction of sp³-hybridized carbons (Fsp3) is 0.600. The van der Waals surface area contributed by atoms with Crippen LogP contribution in [-0.4, -0.2) is 79.2 Å². The van der Waals surface area contributed by atoms with Crippen molar-refractivity contribution < 1.29 is 23.1 Å². The Bertz CT molecular complexity index is 708. The van der Waals surface area contributed by atoms with E-state index in [1.54, 1.807) is 14.7 Å². The molecule has 2 heterocycles. The SMILES string of the molecule is CCC(F)(F)c1ccc(NC(=O)N2CCCN(C(=O)N3CCOCC3)CC2)cc1. The molecule has 9 heteroatoms. The molecule has 1 aromatic carbocycles. The minimum absolute atomic E-state index is 0.0111. The number of carbonyl (C=O) groups is 2. The molecule has 3 rings (SSSR count). The van der Waals surface area contributed by atoms with E-state index in [4.69, 9.17) is 4.74 Å². The summed E-state index contributed by atoms with van der Waals surface area (Å²) in [6.07, 6.45) is 0.414. The molecule has 0 unspecified atom stereocenters. The van der Waals surface area contributed by atoms with Gasteiger partial charge < -0.3 is 24.8 Å². The maximum absolute atomic E-state index is 13.7. The minimum atomic E-state index is -2.87. The van der Waals surface area contributed by atoms with Gasteiger partial charge in [0.15, 0.2) is 0 Å². The second-order valence-electron chi connectivity index (χ2n) is 7.28. The van der Waals surface area contributed by atoms with Gasteiger partial charge in [-0.15, -0.1) is 0 Å². The lowest BCUT2D eigenvalue weighted by Crippen LogP contribution is -2.49. The predicted octanol–water partition coefficient (Wildman–Crippen LogP) is 3.18. The summed E-state index contributed by atoms with van der Waals surface area (Å²) in [7, 11) is 0. The van der Waals surface area contributed by atoms with Gasteiger partial charge in [0.1, 0.15) is 0 Å². The summed E-state index contributed by atoms with van der Waals surface area (Å²) < 4.78 is 32.7. The van der Waals surface area contributed by atoms with Crippen LogP contribution >= 0.6 is 0 Å². The molecule has 0 spiro atoms. The molecular weight excluding hydrogens is 382 g/mol. The normalized spacial score (nSPS) is 18.4. The molecule has 2 fully saturated rings. The number of anilines is 1. The Morgan fingerprint density at radius 3 is 2.21 bits per heavy atom. The Balaban J connectivity index is 1.53. The number of ether oxygens (including phenoxy) is 1. The quantitative estimate of drug-likeness (QED) is 0.833. The standard InChI is InChI=1S/C20H28F2N4O3/c1-2-20(21,22)16-4-6-17(7-5-16)23-18(27)24-8-3-9-25(11-10-24)19(28)26-12-14-29-15-13-26/h4-7H,2-3,8-15H2,1H3,(H,23,27). The van der Waals surface area contributed by atoms with Crippen molar-refractivity contribution in [1.29, 1.82) is 0 Å². The maximum atomic E-state index is 13.7. The number of urea groups is 2. The first-order chi connectivity index (χ1) is 13.9. The van der Waals surface area contributed by atoms with E-state index in [2.05, 4.69) is 5.32 Å². The van der Waals surface area contributed by atoms with E-state index in [0.717, 1.165) is 0 Å². The van der Waals surface area contributed by atoms with Crippen molar-refractivity contribution >= 4 is 17.7 Å². The van der Waals surface area contributed by atoms with Gasteiger partial charge in [0, 0.05) is 56.9 Å². The maximum Gasteiger partial charge on any atom is 0.321 e. The van der Waals surface area contributed by atoms with E-state index in [0.29, 0.717) is 64.6 Å². The number of carbonyl (C=O) groups excluding carboxylic acids is 2. The van der Waals surface area contributed by atoms with Crippen LogP contribution < -0.4 is 5.32 Å². The van der Waals surface area contributed by atoms with Crippen LogP contribution in [0.15, 0.2) is 24.3 Å². The number of benzene rings is 1. The summed E-state index contributed by atoms with van der Waals surface area (Å²) >= 11 is 0. The Kier molecular flexibility index (Phi) is 6.89. The van der Waals surface area contributed by atoms with Gasteiger partial charge in [-0.3, -0.25) is 0 Å². The van der Waals surface area contributed by atoms with Gasteiger partial charge in [0.25, 0.3) is 5.92 Å². The van der Waals surface area contributed by atoms with Gasteiger partial charge in [-0.25, -0.2) is 18.4 Å². The molecule has 0 bridgehead atoms. The highest BCUT2D eigenvalue weighted by Gasteiger charge is 2.29. The lowest BCUT2D eigenvalue weighted by molar-refractivity contribution is -0.00826. The molecule has 1 aromatic rings. The van der Waals surface area contributed by atoms with E-state index < -0.39 is 5.92 Å². The highest BCUT2D eigenvalue weighted by Crippen LogP contribution is 2.31. The summed E-state index contributed by atoms with van der Waals surface area (Å²) in [6, 6.07) is 5.35. The largest absolute Gasteiger partial charge is 0.378 e. The fourth-order valence-corrected chi connectivity index (χ4v) is 3.47. The summed E-state index contributed by atoms with van der Waals surface area (Å²) in [6.45, 7) is 5.74. The van der Waals surface area contributed by atoms with Gasteiger partial charge in [-0.2, -0.15) is 0 Å². The third-order valence-electron chi connectivity index (χ3n) is 5.34. The third kappa shape index (κ3) is 5.35. The van der Waals surface area contributed by atoms with Crippen LogP contribution in [0.1, 0.15) is 25.3 Å². The van der Waals surface area contributed by atoms with E-state index in [1.165, 1.54) is 31.2 Å². The Morgan fingerprint density at radius 2 is 1.55 bits per heavy atom. The molecule has 0 aliphatic carbocycles. The topological polar surface area (TPSA) is 65.1 Å². The van der Waals surface area contributed by atoms with Crippen LogP contribution in [0.3, 0.4) is 0 Å². The molecule has 2 aliphatic heterocycles. The molecule has 2 saturated heterocycles. The summed E-state index contributed by atoms with van der Waals surface area (Å²) in [4.78, 5) is 30.4. The van der Waals surface area contributed by atoms with E-state index >= 15 is 0 Å². The summed E-state index contributed by atoms with van der Waals surface area (Å²) in [5, 5.41) is 2.76. The highest BCUT2D eigenvalue weighted by molar-refractivity contribution is 5.89. The first-order valence-corrected chi connectivity index (χ1v) is 10.1. The van der Waals surface area contributed by atoms with E-state index in [-0.39, 0.29) is 24.0 Å². The average Bonchev–Trinajstić information content (AvgIpc) is 3.00. The molecule has 0 radical (unpaired) electrons. The second kappa shape index (κ2) is 9.39. The van der Waals surface area contributed by atoms with Crippen molar-refractivity contribution in [1.82, 2.24) is 14.7 Å². The van der Waals surface area contributed by atoms with Crippen LogP contribution in [-0.2, 0) is 10.7 Å². The monoisotopic (exact) mass is 410 g/mol. The molecule has 0 aromatic heterocycles. The summed E-state index contributed by atoms with van der Waals surface area (Å²) in [5.41, 5.74) is 0.404. The minimum Gasteiger partial charge on any atom is -0.378 e. The average molecular weight is 410 g/mol. The molecule has 1 N–H and O–H groups in total. The van der Waals surface area contributed by atoms with Crippen LogP contribution in [0.5, 0.6) is 0 Å². The van der Waals surface area contributed by atoms with Gasteiger partial charge in [-0.05, 0) is 18.6 Å². The second-order valence-corrected chi connectivity index (χ2v) is 7.28. The number of alkyl halides is 2. The number of hydrogen-bond donors (Lipinski definition) is 1. The van der Waals surface area contributed by atoms with Gasteiger partial charge >= 0.3 is 12.1 Å². The van der Waals surface area contributed by atoms with Gasteiger partial charge in [0.05, 0.1) is 13.2 Å². The van der Waals surface area contributed by atoms with Crippen molar-refractivity contribution in [3.63, 3.8) is 0 Å². The Hall–Kier alpha value is -2.42. The molecule has 4 amide bonds. The van der Waals surface area contributed by atoms with E-state index in [1.807, 2.05) is 0 Å². The van der Waals surface area contributed by atoms with E-state index in [9.17, 15) is 18.4 Å². The van der Waals surface area contributed by atoms with Crippen molar-refractivity contribution in [3.8, 4) is 0 Å². The smallest absolute Gasteiger partial charge is 0.321 e. The van der Waals surface area contributed by atoms with Crippen LogP contribution in [0.4, 0.5) is 24.1 Å².